The van der Waals surface area contributed by atoms with E-state index in [-0.39, 0.29) is 14.5 Å². The van der Waals surface area contributed by atoms with E-state index in [0.717, 1.165) is 41.9 Å². The van der Waals surface area contributed by atoms with Crippen molar-refractivity contribution in [2.75, 3.05) is 33.9 Å². The second kappa shape index (κ2) is 14.4. The van der Waals surface area contributed by atoms with Gasteiger partial charge >= 0.3 is 55.1 Å². The molecule has 4 nitrogen and oxygen atoms in total. The summed E-state index contributed by atoms with van der Waals surface area (Å²) in [4.78, 5) is 0. The topological polar surface area (TPSA) is 57.5 Å². The van der Waals surface area contributed by atoms with Crippen molar-refractivity contribution in [2.24, 2.45) is 58.2 Å². The molecule has 0 bridgehead atoms. The molecule has 0 aromatic heterocycles. The van der Waals surface area contributed by atoms with E-state index in [1.807, 2.05) is 14.1 Å². The Morgan fingerprint density at radius 1 is 0.846 bits per heavy atom. The van der Waals surface area contributed by atoms with Gasteiger partial charge in [0.1, 0.15) is 0 Å². The first-order chi connectivity index (χ1) is 18.4. The van der Waals surface area contributed by atoms with Gasteiger partial charge in [0, 0.05) is 6.61 Å². The number of aliphatic hydroxyl groups excluding tert-OH is 2. The number of nitrogens with zero attached hydrogens (tertiary/aromatic N) is 1. The number of quaternary nitrogens is 1. The zero-order valence-electron chi connectivity index (χ0n) is 26.6. The fourth-order valence-electron chi connectivity index (χ4n) is 10.3. The third-order valence-corrected chi connectivity index (χ3v) is 13.4. The Balaban J connectivity index is 0.000000403. The second-order valence-electron chi connectivity index (χ2n) is 15.5. The van der Waals surface area contributed by atoms with Gasteiger partial charge in [0.2, 0.25) is 0 Å². The van der Waals surface area contributed by atoms with E-state index in [0.29, 0.717) is 40.3 Å². The van der Waals surface area contributed by atoms with Gasteiger partial charge in [-0.05, 0) is 122 Å². The van der Waals surface area contributed by atoms with Gasteiger partial charge in [-0.15, -0.1) is 0 Å². The summed E-state index contributed by atoms with van der Waals surface area (Å²) in [5, 5.41) is 17.9. The molecule has 4 saturated carbocycles. The molecular formula is C34H63NO3P+. The second-order valence-corrected chi connectivity index (χ2v) is 15.9. The van der Waals surface area contributed by atoms with Gasteiger partial charge in [-0.3, -0.25) is 0 Å². The number of fused-ring (bicyclic) bond motifs is 5. The minimum atomic E-state index is -0.105. The van der Waals surface area contributed by atoms with Gasteiger partial charge in [0.15, 0.2) is 0 Å². The molecule has 0 aromatic carbocycles. The van der Waals surface area contributed by atoms with Crippen LogP contribution in [0.4, 0.5) is 0 Å². The first kappa shape index (κ1) is 33.4. The zero-order chi connectivity index (χ0) is 28.8. The van der Waals surface area contributed by atoms with E-state index >= 15 is 0 Å². The summed E-state index contributed by atoms with van der Waals surface area (Å²) in [5.74, 6) is 9.98. The van der Waals surface area contributed by atoms with Gasteiger partial charge in [-0.1, -0.05) is 53.9 Å². The third-order valence-electron chi connectivity index (χ3n) is 12.7. The number of aliphatic hydroxyl groups is 2. The molecule has 0 heterocycles. The molecule has 0 saturated heterocycles. The summed E-state index contributed by atoms with van der Waals surface area (Å²) in [6, 6.07) is 0. The van der Waals surface area contributed by atoms with E-state index in [2.05, 4.69) is 40.4 Å². The Morgan fingerprint density at radius 2 is 1.56 bits per heavy atom. The normalized spacial score (nSPS) is 37.4. The van der Waals surface area contributed by atoms with Crippen LogP contribution in [0.5, 0.6) is 0 Å². The fraction of sp³-hybridized carbons (Fsp3) is 0.971. The molecule has 4 fully saturated rings. The van der Waals surface area contributed by atoms with E-state index < -0.39 is 0 Å². The summed E-state index contributed by atoms with van der Waals surface area (Å²) >= 11 is 0. The zero-order valence-corrected chi connectivity index (χ0v) is 27.5. The standard InChI is InChI=1S/C29H52O.C5H11NO2P/c1-20(2)22(16-19-30)10-9-21(3)25-13-14-26-24-12-11-23-8-6-7-17-28(23,4)27(24)15-18-29(25,26)5;1-6(2,3-4-7)5-9-8/h20-27,30H,6-19H2,1-5H3;7H,3-4H2,1-2H3/q;+1/t21?,22?,23?,24-,25+,26-,27-,28-,29+;/m0./s1. The monoisotopic (exact) mass is 564 g/mol. The van der Waals surface area contributed by atoms with Crippen LogP contribution >= 0.6 is 7.92 Å². The maximum absolute atomic E-state index is 9.98. The molecule has 4 rings (SSSR count). The van der Waals surface area contributed by atoms with E-state index in [1.54, 1.807) is 12.8 Å². The van der Waals surface area contributed by atoms with Crippen LogP contribution in [0.3, 0.4) is 0 Å². The molecule has 0 radical (unpaired) electrons. The van der Waals surface area contributed by atoms with Crippen LogP contribution in [0.25, 0.3) is 0 Å². The third kappa shape index (κ3) is 7.65. The van der Waals surface area contributed by atoms with Gasteiger partial charge in [0.25, 0.3) is 0 Å². The molecule has 0 amide bonds. The summed E-state index contributed by atoms with van der Waals surface area (Å²) in [6.45, 7) is 13.7. The van der Waals surface area contributed by atoms with Crippen LogP contribution in [-0.4, -0.2) is 48.5 Å². The van der Waals surface area contributed by atoms with E-state index in [9.17, 15) is 9.67 Å². The first-order valence-corrected chi connectivity index (χ1v) is 17.4. The molecule has 226 valence electrons. The average molecular weight is 565 g/mol. The van der Waals surface area contributed by atoms with Gasteiger partial charge < -0.3 is 5.11 Å². The molecule has 2 N–H and O–H groups in total. The SMILES string of the molecule is CC(C)C(CCO)CCC(C)[C@H]1CC[C@H]2[C@@H]3CCC4CCCC[C@]4(C)[C@H]3CC[C@]12C.C[N+](C)(C#P=O)CCO. The van der Waals surface area contributed by atoms with Crippen molar-refractivity contribution >= 4 is 7.92 Å². The van der Waals surface area contributed by atoms with Crippen LogP contribution < -0.4 is 0 Å². The molecule has 39 heavy (non-hydrogen) atoms. The van der Waals surface area contributed by atoms with Gasteiger partial charge in [-0.2, -0.15) is 0 Å². The van der Waals surface area contributed by atoms with Crippen LogP contribution in [-0.2, 0) is 4.57 Å². The minimum absolute atomic E-state index is 0.0928. The van der Waals surface area contributed by atoms with Crippen LogP contribution in [0.2, 0.25) is 0 Å². The van der Waals surface area contributed by atoms with Crippen molar-refractivity contribution in [3.8, 4) is 5.75 Å². The number of hydrogen-bond acceptors (Lipinski definition) is 3. The maximum atomic E-state index is 9.98. The van der Waals surface area contributed by atoms with Gasteiger partial charge in [-0.25, -0.2) is 0 Å². The molecule has 9 atom stereocenters. The Kier molecular flexibility index (Phi) is 12.3. The molecule has 4 aliphatic carbocycles. The van der Waals surface area contributed by atoms with Crippen molar-refractivity contribution < 1.29 is 19.3 Å². The van der Waals surface area contributed by atoms with Crippen LogP contribution in [0.1, 0.15) is 118 Å². The Hall–Kier alpha value is -0.110. The van der Waals surface area contributed by atoms with Crippen LogP contribution in [0.15, 0.2) is 0 Å². The molecule has 0 spiro atoms. The predicted octanol–water partition coefficient (Wildman–Crippen LogP) is 8.37. The molecular weight excluding hydrogens is 501 g/mol. The number of hydrogen-bond donors (Lipinski definition) is 2. The molecule has 0 aliphatic heterocycles. The van der Waals surface area contributed by atoms with Crippen molar-refractivity contribution in [1.82, 2.24) is 0 Å². The van der Waals surface area contributed by atoms with Crippen molar-refractivity contribution in [3.05, 3.63) is 0 Å². The van der Waals surface area contributed by atoms with Gasteiger partial charge in [0.05, 0.1) is 0 Å². The Labute approximate surface area is 242 Å². The van der Waals surface area contributed by atoms with Crippen LogP contribution in [0, 0.1) is 63.9 Å². The predicted molar refractivity (Wildman–Crippen MR) is 164 cm³/mol. The molecule has 5 heteroatoms. The fourth-order valence-corrected chi connectivity index (χ4v) is 10.7. The number of rotatable bonds is 9. The molecule has 4 aliphatic rings. The Bertz CT molecular complexity index is 871. The first-order valence-electron chi connectivity index (χ1n) is 16.6. The summed E-state index contributed by atoms with van der Waals surface area (Å²) in [5.41, 5.74) is 1.30. The molecule has 0 aromatic rings. The summed E-state index contributed by atoms with van der Waals surface area (Å²) in [7, 11) is 3.54. The average Bonchev–Trinajstić information content (AvgIpc) is 3.23. The van der Waals surface area contributed by atoms with Crippen molar-refractivity contribution in [1.29, 1.82) is 0 Å². The van der Waals surface area contributed by atoms with Crippen molar-refractivity contribution in [3.63, 3.8) is 0 Å². The molecule has 3 unspecified atom stereocenters. The quantitative estimate of drug-likeness (QED) is 0.218. The number of likely N-dealkylation sites (N-methyl/N-ethyl adjacent to an activating group) is 1. The Morgan fingerprint density at radius 3 is 2.21 bits per heavy atom. The van der Waals surface area contributed by atoms with E-state index in [1.165, 1.54) is 64.2 Å². The van der Waals surface area contributed by atoms with E-state index in [4.69, 9.17) is 5.11 Å². The summed E-state index contributed by atoms with van der Waals surface area (Å²) < 4.78 is 10.3. The van der Waals surface area contributed by atoms with Crippen molar-refractivity contribution in [2.45, 2.75) is 118 Å². The summed E-state index contributed by atoms with van der Waals surface area (Å²) in [6.07, 6.45) is 18.9.